The molecule has 0 aromatic heterocycles. The first kappa shape index (κ1) is 15.8. The van der Waals surface area contributed by atoms with Gasteiger partial charge >= 0.3 is 5.97 Å². The second-order valence-electron chi connectivity index (χ2n) is 6.73. The zero-order valence-electron chi connectivity index (χ0n) is 13.8. The van der Waals surface area contributed by atoms with E-state index in [1.165, 1.54) is 18.9 Å². The lowest BCUT2D eigenvalue weighted by Crippen LogP contribution is -2.48. The minimum absolute atomic E-state index is 0.100. The Bertz CT molecular complexity index is 722. The minimum Gasteiger partial charge on any atom is -0.500 e. The average Bonchev–Trinajstić information content (AvgIpc) is 3.38. The van der Waals surface area contributed by atoms with Crippen LogP contribution in [0.1, 0.15) is 19.3 Å². The lowest BCUT2D eigenvalue weighted by Gasteiger charge is -2.40. The third-order valence-corrected chi connectivity index (χ3v) is 7.25. The molecule has 1 spiro atoms. The van der Waals surface area contributed by atoms with Gasteiger partial charge in [-0.15, -0.1) is 11.8 Å². The van der Waals surface area contributed by atoms with Gasteiger partial charge in [0.2, 0.25) is 0 Å². The van der Waals surface area contributed by atoms with E-state index in [4.69, 9.17) is 9.47 Å². The van der Waals surface area contributed by atoms with E-state index in [1.807, 2.05) is 36.4 Å². The molecular weight excluding hydrogens is 324 g/mol. The molecule has 0 radical (unpaired) electrons. The largest absolute Gasteiger partial charge is 0.500 e. The summed E-state index contributed by atoms with van der Waals surface area (Å²) >= 11 is 1.47. The van der Waals surface area contributed by atoms with E-state index < -0.39 is 10.7 Å². The van der Waals surface area contributed by atoms with E-state index in [2.05, 4.69) is 0 Å². The molecule has 0 heterocycles. The molecule has 1 aromatic carbocycles. The number of ether oxygens (including phenoxy) is 2. The molecule has 2 fully saturated rings. The zero-order valence-corrected chi connectivity index (χ0v) is 14.6. The Labute approximate surface area is 145 Å². The number of allylic oxidation sites excluding steroid dienone is 1. The number of methoxy groups -OCH3 is 2. The van der Waals surface area contributed by atoms with Gasteiger partial charge in [0, 0.05) is 16.2 Å². The molecule has 1 aromatic rings. The molecule has 2 bridgehead atoms. The van der Waals surface area contributed by atoms with E-state index in [-0.39, 0.29) is 23.1 Å². The summed E-state index contributed by atoms with van der Waals surface area (Å²) in [6.45, 7) is 0. The summed E-state index contributed by atoms with van der Waals surface area (Å²) in [5.41, 5.74) is -1.30. The number of hydrogen-bond acceptors (Lipinski definition) is 5. The van der Waals surface area contributed by atoms with Crippen LogP contribution in [0.4, 0.5) is 0 Å². The van der Waals surface area contributed by atoms with E-state index in [1.54, 1.807) is 7.11 Å². The summed E-state index contributed by atoms with van der Waals surface area (Å²) in [7, 11) is 2.98. The van der Waals surface area contributed by atoms with E-state index in [0.717, 1.165) is 17.7 Å². The zero-order chi connectivity index (χ0) is 16.9. The lowest BCUT2D eigenvalue weighted by molar-refractivity contribution is -0.156. The van der Waals surface area contributed by atoms with Gasteiger partial charge in [0.15, 0.2) is 5.78 Å². The number of rotatable bonds is 4. The Kier molecular flexibility index (Phi) is 3.53. The van der Waals surface area contributed by atoms with Crippen molar-refractivity contribution >= 4 is 23.5 Å². The Morgan fingerprint density at radius 1 is 1.21 bits per heavy atom. The fourth-order valence-corrected chi connectivity index (χ4v) is 6.27. The molecule has 0 N–H and O–H groups in total. The number of benzene rings is 1. The quantitative estimate of drug-likeness (QED) is 0.785. The van der Waals surface area contributed by atoms with E-state index >= 15 is 0 Å². The third-order valence-electron chi connectivity index (χ3n) is 5.89. The molecule has 0 saturated heterocycles. The second-order valence-corrected chi connectivity index (χ2v) is 7.91. The predicted octanol–water partition coefficient (Wildman–Crippen LogP) is 3.22. The summed E-state index contributed by atoms with van der Waals surface area (Å²) in [4.78, 5) is 27.2. The van der Waals surface area contributed by atoms with Crippen molar-refractivity contribution in [3.05, 3.63) is 42.2 Å². The molecule has 5 heteroatoms. The number of esters is 1. The maximum absolute atomic E-state index is 13.2. The third kappa shape index (κ3) is 1.76. The van der Waals surface area contributed by atoms with Crippen LogP contribution in [0.15, 0.2) is 47.1 Å². The maximum atomic E-state index is 13.2. The van der Waals surface area contributed by atoms with Gasteiger partial charge < -0.3 is 9.47 Å². The van der Waals surface area contributed by atoms with Crippen molar-refractivity contribution < 1.29 is 19.1 Å². The van der Waals surface area contributed by atoms with Crippen molar-refractivity contribution in [2.24, 2.45) is 16.7 Å². The maximum Gasteiger partial charge on any atom is 0.321 e. The van der Waals surface area contributed by atoms with Gasteiger partial charge in [-0.25, -0.2) is 0 Å². The summed E-state index contributed by atoms with van der Waals surface area (Å²) in [5.74, 6) is 0.339. The number of hydrogen-bond donors (Lipinski definition) is 0. The van der Waals surface area contributed by atoms with Crippen LogP contribution in [0.25, 0.3) is 0 Å². The van der Waals surface area contributed by atoms with Crippen molar-refractivity contribution in [3.8, 4) is 0 Å². The Balaban J connectivity index is 1.87. The number of ketones is 1. The second kappa shape index (κ2) is 5.38. The van der Waals surface area contributed by atoms with Crippen molar-refractivity contribution in [1.82, 2.24) is 0 Å². The van der Waals surface area contributed by atoms with Gasteiger partial charge in [-0.2, -0.15) is 0 Å². The van der Waals surface area contributed by atoms with Crippen LogP contribution in [-0.2, 0) is 19.1 Å². The first-order valence-electron chi connectivity index (χ1n) is 8.20. The van der Waals surface area contributed by atoms with Gasteiger partial charge in [0.05, 0.1) is 19.5 Å². The molecule has 0 aliphatic heterocycles. The lowest BCUT2D eigenvalue weighted by atomic mass is 9.66. The fraction of sp³-hybridized carbons (Fsp3) is 0.474. The number of thioether (sulfide) groups is 1. The van der Waals surface area contributed by atoms with Crippen LogP contribution < -0.4 is 0 Å². The van der Waals surface area contributed by atoms with Crippen molar-refractivity contribution in [3.63, 3.8) is 0 Å². The SMILES string of the molecule is COC(=O)[C@@]12C(OC)=CC[C@@H](C(=O)[C@H]1Sc1ccccc1)C21CC1. The molecule has 24 heavy (non-hydrogen) atoms. The average molecular weight is 344 g/mol. The van der Waals surface area contributed by atoms with E-state index in [0.29, 0.717) is 12.2 Å². The Morgan fingerprint density at radius 3 is 2.50 bits per heavy atom. The van der Waals surface area contributed by atoms with Crippen molar-refractivity contribution in [2.45, 2.75) is 29.4 Å². The fourth-order valence-electron chi connectivity index (χ4n) is 4.78. The smallest absolute Gasteiger partial charge is 0.321 e. The highest BCUT2D eigenvalue weighted by Gasteiger charge is 2.81. The Hall–Kier alpha value is -1.75. The van der Waals surface area contributed by atoms with Gasteiger partial charge in [-0.1, -0.05) is 18.2 Å². The standard InChI is InChI=1S/C19H20O4S/c1-22-14-9-8-13-15(20)16(24-12-6-4-3-5-7-12)19(14,17(21)23-2)18(13)10-11-18/h3-7,9,13,16H,8,10-11H2,1-2H3/t13-,16+,19+/m0/s1. The van der Waals surface area contributed by atoms with Crippen LogP contribution in [0.3, 0.4) is 0 Å². The number of Topliss-reactive ketones (excluding diaryl/α,β-unsaturated/α-hetero) is 1. The van der Waals surface area contributed by atoms with Crippen molar-refractivity contribution in [1.29, 1.82) is 0 Å². The number of carbonyl (C=O) groups is 2. The molecular formula is C19H20O4S. The normalized spacial score (nSPS) is 32.4. The van der Waals surface area contributed by atoms with Gasteiger partial charge in [-0.05, 0) is 37.5 Å². The summed E-state index contributed by atoms with van der Waals surface area (Å²) in [6, 6.07) is 9.77. The molecule has 4 nitrogen and oxygen atoms in total. The highest BCUT2D eigenvalue weighted by molar-refractivity contribution is 8.00. The molecule has 126 valence electrons. The first-order valence-corrected chi connectivity index (χ1v) is 9.08. The molecule has 3 aliphatic rings. The van der Waals surface area contributed by atoms with Gasteiger partial charge in [0.25, 0.3) is 0 Å². The summed E-state index contributed by atoms with van der Waals surface area (Å²) in [6.07, 6.45) is 4.34. The first-order chi connectivity index (χ1) is 11.6. The summed E-state index contributed by atoms with van der Waals surface area (Å²) < 4.78 is 10.8. The summed E-state index contributed by atoms with van der Waals surface area (Å²) in [5, 5.41) is -0.492. The van der Waals surface area contributed by atoms with Gasteiger partial charge in [0.1, 0.15) is 11.2 Å². The highest BCUT2D eigenvalue weighted by Crippen LogP contribution is 2.76. The molecule has 3 atom stereocenters. The van der Waals surface area contributed by atoms with Crippen LogP contribution in [0.5, 0.6) is 0 Å². The molecule has 3 aliphatic carbocycles. The van der Waals surface area contributed by atoms with Crippen LogP contribution in [0, 0.1) is 16.7 Å². The van der Waals surface area contributed by atoms with Gasteiger partial charge in [-0.3, -0.25) is 9.59 Å². The molecule has 0 unspecified atom stereocenters. The topological polar surface area (TPSA) is 52.6 Å². The monoisotopic (exact) mass is 344 g/mol. The Morgan fingerprint density at radius 2 is 1.92 bits per heavy atom. The number of carbonyl (C=O) groups excluding carboxylic acids is 2. The van der Waals surface area contributed by atoms with Crippen LogP contribution >= 0.6 is 11.8 Å². The predicted molar refractivity (Wildman–Crippen MR) is 90.4 cm³/mol. The van der Waals surface area contributed by atoms with Crippen molar-refractivity contribution in [2.75, 3.05) is 14.2 Å². The molecule has 2 saturated carbocycles. The molecule has 4 rings (SSSR count). The van der Waals surface area contributed by atoms with Crippen LogP contribution in [-0.4, -0.2) is 31.2 Å². The minimum atomic E-state index is -0.989. The van der Waals surface area contributed by atoms with E-state index in [9.17, 15) is 9.59 Å². The van der Waals surface area contributed by atoms with Crippen LogP contribution in [0.2, 0.25) is 0 Å². The highest BCUT2D eigenvalue weighted by atomic mass is 32.2. The molecule has 0 amide bonds.